The summed E-state index contributed by atoms with van der Waals surface area (Å²) in [6, 6.07) is 2.74. The van der Waals surface area contributed by atoms with Gasteiger partial charge in [-0.15, -0.1) is 0 Å². The van der Waals surface area contributed by atoms with Gasteiger partial charge in [-0.05, 0) is 30.7 Å². The molecule has 3 atom stereocenters. The van der Waals surface area contributed by atoms with Crippen LogP contribution in [0.15, 0.2) is 18.5 Å². The second-order valence-electron chi connectivity index (χ2n) is 6.78. The summed E-state index contributed by atoms with van der Waals surface area (Å²) in [6.07, 6.45) is 3.83. The van der Waals surface area contributed by atoms with Gasteiger partial charge in [0.15, 0.2) is 5.82 Å². The molecule has 0 aliphatic carbocycles. The molecule has 0 bridgehead atoms. The molecule has 0 radical (unpaired) electrons. The first-order valence-corrected chi connectivity index (χ1v) is 7.97. The molecule has 0 saturated carbocycles. The molecule has 0 amide bonds. The molecule has 0 spiro atoms. The van der Waals surface area contributed by atoms with E-state index in [2.05, 4.69) is 47.1 Å². The van der Waals surface area contributed by atoms with E-state index in [1.165, 1.54) is 0 Å². The van der Waals surface area contributed by atoms with Crippen LogP contribution in [-0.2, 0) is 0 Å². The van der Waals surface area contributed by atoms with E-state index < -0.39 is 0 Å². The summed E-state index contributed by atoms with van der Waals surface area (Å²) >= 11 is 0. The van der Waals surface area contributed by atoms with Crippen LogP contribution in [0.2, 0.25) is 0 Å². The van der Waals surface area contributed by atoms with E-state index in [0.29, 0.717) is 12.0 Å². The highest BCUT2D eigenvalue weighted by Crippen LogP contribution is 2.36. The Morgan fingerprint density at radius 1 is 1.33 bits per heavy atom. The van der Waals surface area contributed by atoms with Gasteiger partial charge in [-0.1, -0.05) is 13.8 Å². The van der Waals surface area contributed by atoms with Crippen LogP contribution >= 0.6 is 0 Å². The number of nitrogens with zero attached hydrogens (tertiary/aromatic N) is 4. The van der Waals surface area contributed by atoms with Gasteiger partial charge in [0.1, 0.15) is 5.52 Å². The fourth-order valence-corrected chi connectivity index (χ4v) is 3.88. The summed E-state index contributed by atoms with van der Waals surface area (Å²) in [4.78, 5) is 7.17. The maximum Gasteiger partial charge on any atom is 0.154 e. The minimum Gasteiger partial charge on any atom is -0.351 e. The highest BCUT2D eigenvalue weighted by molar-refractivity contribution is 5.70. The summed E-state index contributed by atoms with van der Waals surface area (Å²) < 4.78 is 1.98. The Kier molecular flexibility index (Phi) is 2.92. The van der Waals surface area contributed by atoms with Crippen LogP contribution in [0.4, 0.5) is 5.82 Å². The summed E-state index contributed by atoms with van der Waals surface area (Å²) in [7, 11) is 0. The summed E-state index contributed by atoms with van der Waals surface area (Å²) in [5, 5.41) is 8.20. The van der Waals surface area contributed by atoms with E-state index in [1.807, 2.05) is 16.9 Å². The average Bonchev–Trinajstić information content (AvgIpc) is 3.14. The third kappa shape index (κ3) is 1.94. The van der Waals surface area contributed by atoms with Crippen molar-refractivity contribution in [2.24, 2.45) is 11.8 Å². The number of rotatable bonds is 2. The fourth-order valence-electron chi connectivity index (χ4n) is 3.88. The van der Waals surface area contributed by atoms with Crippen molar-refractivity contribution in [1.82, 2.24) is 19.9 Å². The second kappa shape index (κ2) is 4.70. The highest BCUT2D eigenvalue weighted by atomic mass is 15.3. The van der Waals surface area contributed by atoms with Gasteiger partial charge in [0.25, 0.3) is 0 Å². The third-order valence-electron chi connectivity index (χ3n) is 5.19. The SMILES string of the molecule is CC(C)c1cc2c(N3CC4CNCC4C3C)nccn2n1. The molecule has 21 heavy (non-hydrogen) atoms. The molecule has 2 aliphatic rings. The first-order chi connectivity index (χ1) is 10.1. The number of hydrogen-bond acceptors (Lipinski definition) is 4. The molecule has 2 aliphatic heterocycles. The molecule has 2 saturated heterocycles. The van der Waals surface area contributed by atoms with Gasteiger partial charge in [0.05, 0.1) is 5.69 Å². The smallest absolute Gasteiger partial charge is 0.154 e. The van der Waals surface area contributed by atoms with Crippen LogP contribution < -0.4 is 10.2 Å². The predicted molar refractivity (Wildman–Crippen MR) is 83.7 cm³/mol. The van der Waals surface area contributed by atoms with Crippen LogP contribution in [0.1, 0.15) is 32.4 Å². The van der Waals surface area contributed by atoms with E-state index in [9.17, 15) is 0 Å². The van der Waals surface area contributed by atoms with Gasteiger partial charge < -0.3 is 10.2 Å². The quantitative estimate of drug-likeness (QED) is 0.915. The van der Waals surface area contributed by atoms with Crippen LogP contribution in [-0.4, -0.2) is 40.3 Å². The zero-order valence-electron chi connectivity index (χ0n) is 13.0. The zero-order chi connectivity index (χ0) is 14.6. The molecule has 0 aromatic carbocycles. The summed E-state index contributed by atoms with van der Waals surface area (Å²) in [5.74, 6) is 3.05. The number of anilines is 1. The highest BCUT2D eigenvalue weighted by Gasteiger charge is 2.42. The van der Waals surface area contributed by atoms with Gasteiger partial charge in [0, 0.05) is 38.1 Å². The molecular formula is C16H23N5. The molecule has 3 unspecified atom stereocenters. The van der Waals surface area contributed by atoms with Crippen molar-refractivity contribution in [3.8, 4) is 0 Å². The van der Waals surface area contributed by atoms with Gasteiger partial charge in [-0.3, -0.25) is 0 Å². The Balaban J connectivity index is 1.76. The van der Waals surface area contributed by atoms with E-state index in [4.69, 9.17) is 0 Å². The van der Waals surface area contributed by atoms with Crippen LogP contribution in [0.3, 0.4) is 0 Å². The van der Waals surface area contributed by atoms with Crippen molar-refractivity contribution >= 4 is 11.3 Å². The maximum atomic E-state index is 4.68. The van der Waals surface area contributed by atoms with Crippen molar-refractivity contribution in [3.05, 3.63) is 24.2 Å². The summed E-state index contributed by atoms with van der Waals surface area (Å²) in [5.41, 5.74) is 2.28. The molecule has 112 valence electrons. The molecule has 1 N–H and O–H groups in total. The van der Waals surface area contributed by atoms with E-state index in [-0.39, 0.29) is 0 Å². The van der Waals surface area contributed by atoms with E-state index in [1.54, 1.807) is 0 Å². The normalized spacial score (nSPS) is 28.8. The van der Waals surface area contributed by atoms with Crippen molar-refractivity contribution < 1.29 is 0 Å². The molecule has 2 aromatic rings. The first-order valence-electron chi connectivity index (χ1n) is 7.97. The molecule has 5 heteroatoms. The minimum absolute atomic E-state index is 0.442. The molecule has 4 rings (SSSR count). The second-order valence-corrected chi connectivity index (χ2v) is 6.78. The number of hydrogen-bond donors (Lipinski definition) is 1. The minimum atomic E-state index is 0.442. The van der Waals surface area contributed by atoms with Gasteiger partial charge in [0.2, 0.25) is 0 Å². The average molecular weight is 285 g/mol. The largest absolute Gasteiger partial charge is 0.351 e. The lowest BCUT2D eigenvalue weighted by Crippen LogP contribution is -2.34. The van der Waals surface area contributed by atoms with Crippen LogP contribution in [0.5, 0.6) is 0 Å². The Morgan fingerprint density at radius 3 is 2.95 bits per heavy atom. The van der Waals surface area contributed by atoms with Crippen molar-refractivity contribution in [3.63, 3.8) is 0 Å². The number of nitrogens with one attached hydrogen (secondary N) is 1. The molecule has 5 nitrogen and oxygen atoms in total. The maximum absolute atomic E-state index is 4.68. The monoisotopic (exact) mass is 285 g/mol. The lowest BCUT2D eigenvalue weighted by atomic mass is 9.95. The van der Waals surface area contributed by atoms with Gasteiger partial charge in [-0.25, -0.2) is 9.50 Å². The standard InChI is InChI=1S/C16H23N5/c1-10(2)14-6-15-16(18-4-5-21(15)19-14)20-9-12-7-17-8-13(12)11(20)3/h4-6,10-13,17H,7-9H2,1-3H3. The number of fused-ring (bicyclic) bond motifs is 2. The first kappa shape index (κ1) is 13.1. The third-order valence-corrected chi connectivity index (χ3v) is 5.19. The van der Waals surface area contributed by atoms with Gasteiger partial charge in [-0.2, -0.15) is 5.10 Å². The Morgan fingerprint density at radius 2 is 2.19 bits per heavy atom. The topological polar surface area (TPSA) is 45.5 Å². The Labute approximate surface area is 125 Å². The van der Waals surface area contributed by atoms with E-state index in [0.717, 1.165) is 48.5 Å². The van der Waals surface area contributed by atoms with Gasteiger partial charge >= 0.3 is 0 Å². The zero-order valence-corrected chi connectivity index (χ0v) is 13.0. The van der Waals surface area contributed by atoms with Crippen molar-refractivity contribution in [1.29, 1.82) is 0 Å². The van der Waals surface area contributed by atoms with E-state index >= 15 is 0 Å². The van der Waals surface area contributed by atoms with Crippen LogP contribution in [0, 0.1) is 11.8 Å². The van der Waals surface area contributed by atoms with Crippen LogP contribution in [0.25, 0.3) is 5.52 Å². The fraction of sp³-hybridized carbons (Fsp3) is 0.625. The summed E-state index contributed by atoms with van der Waals surface area (Å²) in [6.45, 7) is 10.1. The number of aromatic nitrogens is 3. The van der Waals surface area contributed by atoms with Crippen molar-refractivity contribution in [2.45, 2.75) is 32.7 Å². The molecule has 2 aromatic heterocycles. The van der Waals surface area contributed by atoms with Crippen molar-refractivity contribution in [2.75, 3.05) is 24.5 Å². The molecule has 2 fully saturated rings. The lowest BCUT2D eigenvalue weighted by molar-refractivity contribution is 0.471. The predicted octanol–water partition coefficient (Wildman–Crippen LogP) is 1.90. The Bertz CT molecular complexity index is 662. The molecule has 4 heterocycles. The lowest BCUT2D eigenvalue weighted by Gasteiger charge is -2.25. The molecular weight excluding hydrogens is 262 g/mol. The Hall–Kier alpha value is -1.62.